The van der Waals surface area contributed by atoms with Crippen LogP contribution in [0.3, 0.4) is 0 Å². The lowest BCUT2D eigenvalue weighted by Crippen LogP contribution is -2.43. The van der Waals surface area contributed by atoms with Crippen LogP contribution in [-0.2, 0) is 6.54 Å². The zero-order chi connectivity index (χ0) is 16.8. The maximum absolute atomic E-state index is 4.59. The largest absolute Gasteiger partial charge is 0.286 e. The van der Waals surface area contributed by atoms with Crippen LogP contribution in [0.2, 0.25) is 0 Å². The van der Waals surface area contributed by atoms with Crippen molar-refractivity contribution >= 4 is 0 Å². The molecule has 0 bridgehead atoms. The van der Waals surface area contributed by atoms with Crippen molar-refractivity contribution in [1.82, 2.24) is 19.9 Å². The Bertz CT molecular complexity index is 899. The molecule has 4 heteroatoms. The van der Waals surface area contributed by atoms with Gasteiger partial charge in [0.2, 0.25) is 0 Å². The van der Waals surface area contributed by atoms with Gasteiger partial charge in [-0.05, 0) is 37.4 Å². The van der Waals surface area contributed by atoms with E-state index in [0.29, 0.717) is 6.04 Å². The summed E-state index contributed by atoms with van der Waals surface area (Å²) in [5, 5.41) is 9.13. The summed E-state index contributed by atoms with van der Waals surface area (Å²) < 4.78 is 2.16. The summed E-state index contributed by atoms with van der Waals surface area (Å²) in [7, 11) is 0. The Hall–Kier alpha value is -2.46. The molecule has 3 heterocycles. The van der Waals surface area contributed by atoms with E-state index >= 15 is 0 Å². The summed E-state index contributed by atoms with van der Waals surface area (Å²) in [6.45, 7) is 4.33. The molecule has 0 radical (unpaired) electrons. The van der Waals surface area contributed by atoms with E-state index in [-0.39, 0.29) is 6.04 Å². The minimum absolute atomic E-state index is 0.243. The number of aromatic nitrogens is 3. The van der Waals surface area contributed by atoms with E-state index < -0.39 is 0 Å². The Kier molecular flexibility index (Phi) is 3.45. The van der Waals surface area contributed by atoms with Gasteiger partial charge in [0, 0.05) is 11.6 Å². The lowest BCUT2D eigenvalue weighted by molar-refractivity contribution is 0.147. The van der Waals surface area contributed by atoms with Crippen LogP contribution in [0.4, 0.5) is 0 Å². The number of hydrogen-bond acceptors (Lipinski definition) is 3. The summed E-state index contributed by atoms with van der Waals surface area (Å²) in [6.07, 6.45) is 2.52. The maximum Gasteiger partial charge on any atom is 0.118 e. The molecule has 1 saturated heterocycles. The quantitative estimate of drug-likeness (QED) is 0.716. The van der Waals surface area contributed by atoms with Crippen molar-refractivity contribution in [3.63, 3.8) is 0 Å². The molecule has 2 aromatic carbocycles. The van der Waals surface area contributed by atoms with E-state index in [2.05, 4.69) is 81.4 Å². The molecule has 25 heavy (non-hydrogen) atoms. The van der Waals surface area contributed by atoms with Crippen molar-refractivity contribution < 1.29 is 0 Å². The van der Waals surface area contributed by atoms with Crippen molar-refractivity contribution in [2.75, 3.05) is 6.54 Å². The van der Waals surface area contributed by atoms with Gasteiger partial charge in [0.1, 0.15) is 5.69 Å². The highest BCUT2D eigenvalue weighted by atomic mass is 15.5. The number of fused-ring (bicyclic) bond motifs is 2. The van der Waals surface area contributed by atoms with Gasteiger partial charge in [-0.15, -0.1) is 5.10 Å². The van der Waals surface area contributed by atoms with Crippen molar-refractivity contribution in [2.45, 2.75) is 38.4 Å². The number of nitrogens with zero attached hydrogens (tertiary/aromatic N) is 4. The topological polar surface area (TPSA) is 34.0 Å². The van der Waals surface area contributed by atoms with Crippen molar-refractivity contribution in [3.8, 4) is 11.3 Å². The van der Waals surface area contributed by atoms with Crippen LogP contribution in [0.1, 0.15) is 35.7 Å². The molecule has 5 rings (SSSR count). The molecule has 2 atom stereocenters. The van der Waals surface area contributed by atoms with E-state index in [1.165, 1.54) is 29.7 Å². The smallest absolute Gasteiger partial charge is 0.118 e. The number of aryl methyl sites for hydroxylation is 1. The number of hydrogen-bond donors (Lipinski definition) is 0. The van der Waals surface area contributed by atoms with Gasteiger partial charge in [-0.25, -0.2) is 4.68 Å². The van der Waals surface area contributed by atoms with Gasteiger partial charge in [-0.1, -0.05) is 59.8 Å². The highest BCUT2D eigenvalue weighted by Crippen LogP contribution is 2.42. The van der Waals surface area contributed by atoms with Crippen LogP contribution in [0, 0.1) is 6.92 Å². The van der Waals surface area contributed by atoms with Crippen molar-refractivity contribution in [3.05, 3.63) is 71.4 Å². The van der Waals surface area contributed by atoms with Gasteiger partial charge >= 0.3 is 0 Å². The summed E-state index contributed by atoms with van der Waals surface area (Å²) in [4.78, 5) is 2.67. The van der Waals surface area contributed by atoms with Gasteiger partial charge in [0.05, 0.1) is 18.3 Å². The van der Waals surface area contributed by atoms with E-state index in [1.807, 2.05) is 0 Å². The first-order valence-corrected chi connectivity index (χ1v) is 9.13. The van der Waals surface area contributed by atoms with Crippen molar-refractivity contribution in [2.24, 2.45) is 0 Å². The van der Waals surface area contributed by atoms with E-state index in [4.69, 9.17) is 0 Å². The predicted octanol–water partition coefficient (Wildman–Crippen LogP) is 3.82. The van der Waals surface area contributed by atoms with Crippen LogP contribution in [-0.4, -0.2) is 32.5 Å². The number of rotatable bonds is 2. The second-order valence-electron chi connectivity index (χ2n) is 7.16. The molecule has 2 aliphatic rings. The van der Waals surface area contributed by atoms with Crippen LogP contribution >= 0.6 is 0 Å². The maximum atomic E-state index is 4.59. The Morgan fingerprint density at radius 3 is 2.64 bits per heavy atom. The fraction of sp³-hybridized carbons (Fsp3) is 0.333. The molecule has 126 valence electrons. The average molecular weight is 330 g/mol. The molecule has 4 nitrogen and oxygen atoms in total. The molecule has 0 saturated carbocycles. The third-order valence-corrected chi connectivity index (χ3v) is 5.70. The zero-order valence-electron chi connectivity index (χ0n) is 14.5. The first kappa shape index (κ1) is 14.8. The van der Waals surface area contributed by atoms with Gasteiger partial charge in [-0.2, -0.15) is 0 Å². The fourth-order valence-corrected chi connectivity index (χ4v) is 4.50. The Balaban J connectivity index is 1.72. The minimum atomic E-state index is 0.243. The van der Waals surface area contributed by atoms with Gasteiger partial charge in [0.25, 0.3) is 0 Å². The fourth-order valence-electron chi connectivity index (χ4n) is 4.50. The number of benzene rings is 2. The second kappa shape index (κ2) is 5.81. The minimum Gasteiger partial charge on any atom is -0.286 e. The molecule has 3 aromatic rings. The third kappa shape index (κ3) is 2.32. The third-order valence-electron chi connectivity index (χ3n) is 5.70. The van der Waals surface area contributed by atoms with Gasteiger partial charge in [0.15, 0.2) is 0 Å². The van der Waals surface area contributed by atoms with E-state index in [1.54, 1.807) is 0 Å². The van der Waals surface area contributed by atoms with Crippen LogP contribution in [0.5, 0.6) is 0 Å². The molecule has 0 unspecified atom stereocenters. The zero-order valence-corrected chi connectivity index (χ0v) is 14.5. The average Bonchev–Trinajstić information content (AvgIpc) is 3.28. The summed E-state index contributed by atoms with van der Waals surface area (Å²) in [5.74, 6) is 0. The van der Waals surface area contributed by atoms with Crippen LogP contribution in [0.25, 0.3) is 11.3 Å². The molecule has 1 aromatic heterocycles. The monoisotopic (exact) mass is 330 g/mol. The van der Waals surface area contributed by atoms with Gasteiger partial charge in [-0.3, -0.25) is 4.90 Å². The van der Waals surface area contributed by atoms with E-state index in [0.717, 1.165) is 24.3 Å². The summed E-state index contributed by atoms with van der Waals surface area (Å²) in [6, 6.07) is 20.0. The molecule has 1 fully saturated rings. The van der Waals surface area contributed by atoms with Gasteiger partial charge < -0.3 is 0 Å². The molecule has 0 spiro atoms. The molecular weight excluding hydrogens is 308 g/mol. The Morgan fingerprint density at radius 1 is 1.00 bits per heavy atom. The standard InChI is InChI=1S/C21H22N4/c1-15-8-5-6-12-18(15)20-21-19(16-9-3-2-4-10-16)22-23-25(21)14-17-11-7-13-24(17)20/h2-6,8-10,12,17,20H,7,11,13-14H2,1H3/t17-,20-/m0/s1. The molecule has 0 aliphatic carbocycles. The molecule has 2 aliphatic heterocycles. The second-order valence-corrected chi connectivity index (χ2v) is 7.16. The Labute approximate surface area is 148 Å². The lowest BCUT2D eigenvalue weighted by Gasteiger charge is -2.39. The Morgan fingerprint density at radius 2 is 1.80 bits per heavy atom. The molecular formula is C21H22N4. The summed E-state index contributed by atoms with van der Waals surface area (Å²) >= 11 is 0. The first-order valence-electron chi connectivity index (χ1n) is 9.13. The summed E-state index contributed by atoms with van der Waals surface area (Å²) in [5.41, 5.74) is 6.15. The highest BCUT2D eigenvalue weighted by Gasteiger charge is 2.41. The SMILES string of the molecule is Cc1ccccc1[C@H]1c2c(-c3ccccc3)nnn2C[C@@H]2CCCN21. The van der Waals surface area contributed by atoms with E-state index in [9.17, 15) is 0 Å². The lowest BCUT2D eigenvalue weighted by atomic mass is 9.92. The van der Waals surface area contributed by atoms with Crippen molar-refractivity contribution in [1.29, 1.82) is 0 Å². The molecule has 0 amide bonds. The molecule has 0 N–H and O–H groups in total. The highest BCUT2D eigenvalue weighted by molar-refractivity contribution is 5.63. The first-order chi connectivity index (χ1) is 12.3. The van der Waals surface area contributed by atoms with Crippen LogP contribution < -0.4 is 0 Å². The van der Waals surface area contributed by atoms with Crippen LogP contribution in [0.15, 0.2) is 54.6 Å². The predicted molar refractivity (Wildman–Crippen MR) is 98.2 cm³/mol. The normalized spacial score (nSPS) is 22.6.